The fourth-order valence-corrected chi connectivity index (χ4v) is 3.85. The number of aliphatic hydroxyl groups excluding tert-OH is 1. The Labute approximate surface area is 181 Å². The van der Waals surface area contributed by atoms with Crippen molar-refractivity contribution in [3.05, 3.63) is 65.7 Å². The van der Waals surface area contributed by atoms with Crippen molar-refractivity contribution in [3.63, 3.8) is 0 Å². The van der Waals surface area contributed by atoms with E-state index in [4.69, 9.17) is 4.74 Å². The minimum atomic E-state index is -0.507. The van der Waals surface area contributed by atoms with Gasteiger partial charge in [0.05, 0.1) is 0 Å². The summed E-state index contributed by atoms with van der Waals surface area (Å²) in [7, 11) is 0. The Hall–Kier alpha value is -1.92. The van der Waals surface area contributed by atoms with Gasteiger partial charge in [0.15, 0.2) is 0 Å². The number of hydrogen-bond acceptors (Lipinski definition) is 5. The van der Waals surface area contributed by atoms with Crippen LogP contribution in [0.2, 0.25) is 0 Å². The number of para-hydroxylation sites is 1. The lowest BCUT2D eigenvalue weighted by molar-refractivity contribution is 0.101. The third-order valence-electron chi connectivity index (χ3n) is 5.67. The highest BCUT2D eigenvalue weighted by molar-refractivity contribution is 5.35. The van der Waals surface area contributed by atoms with E-state index in [2.05, 4.69) is 65.4 Å². The van der Waals surface area contributed by atoms with Crippen molar-refractivity contribution in [1.82, 2.24) is 15.1 Å². The van der Waals surface area contributed by atoms with Crippen LogP contribution in [0.25, 0.3) is 0 Å². The number of nitrogens with one attached hydrogen (secondary N) is 1. The zero-order chi connectivity index (χ0) is 21.2. The van der Waals surface area contributed by atoms with Crippen LogP contribution in [0.3, 0.4) is 0 Å². The molecular formula is C25H37N3O2. The Kier molecular flexibility index (Phi) is 9.15. The fraction of sp³-hybridized carbons (Fsp3) is 0.520. The van der Waals surface area contributed by atoms with Crippen LogP contribution in [-0.2, 0) is 6.54 Å². The maximum Gasteiger partial charge on any atom is 0.122 e. The number of nitrogens with zero attached hydrogens (tertiary/aromatic N) is 2. The van der Waals surface area contributed by atoms with Gasteiger partial charge in [-0.1, -0.05) is 62.4 Å². The highest BCUT2D eigenvalue weighted by atomic mass is 16.5. The molecule has 0 saturated carbocycles. The van der Waals surface area contributed by atoms with Gasteiger partial charge in [0, 0.05) is 52.4 Å². The van der Waals surface area contributed by atoms with Crippen molar-refractivity contribution in [2.75, 3.05) is 52.4 Å². The van der Waals surface area contributed by atoms with Crippen LogP contribution in [0.5, 0.6) is 5.75 Å². The van der Waals surface area contributed by atoms with E-state index in [9.17, 15) is 5.11 Å². The van der Waals surface area contributed by atoms with E-state index >= 15 is 0 Å². The predicted octanol–water partition coefficient (Wildman–Crippen LogP) is 2.96. The first-order valence-electron chi connectivity index (χ1n) is 11.2. The van der Waals surface area contributed by atoms with Crippen LogP contribution in [0, 0.1) is 0 Å². The molecule has 0 aliphatic carbocycles. The minimum Gasteiger partial charge on any atom is -0.491 e. The lowest BCUT2D eigenvalue weighted by Crippen LogP contribution is -2.48. The first-order chi connectivity index (χ1) is 14.6. The number of piperazine rings is 1. The highest BCUT2D eigenvalue weighted by Crippen LogP contribution is 2.25. The Morgan fingerprint density at radius 1 is 0.933 bits per heavy atom. The molecule has 5 heteroatoms. The van der Waals surface area contributed by atoms with Crippen LogP contribution >= 0.6 is 0 Å². The van der Waals surface area contributed by atoms with E-state index in [1.54, 1.807) is 0 Å². The number of benzene rings is 2. The molecular weight excluding hydrogens is 374 g/mol. The molecule has 0 bridgehead atoms. The maximum absolute atomic E-state index is 10.2. The number of aliphatic hydroxyl groups is 1. The number of hydrogen-bond donors (Lipinski definition) is 2. The van der Waals surface area contributed by atoms with Crippen molar-refractivity contribution >= 4 is 0 Å². The van der Waals surface area contributed by atoms with Gasteiger partial charge in [0.25, 0.3) is 0 Å². The van der Waals surface area contributed by atoms with Crippen molar-refractivity contribution in [3.8, 4) is 5.75 Å². The second-order valence-electron chi connectivity index (χ2n) is 8.46. The van der Waals surface area contributed by atoms with E-state index in [0.717, 1.165) is 51.6 Å². The Balaban J connectivity index is 1.27. The molecule has 2 N–H and O–H groups in total. The van der Waals surface area contributed by atoms with Gasteiger partial charge in [-0.15, -0.1) is 0 Å². The van der Waals surface area contributed by atoms with Crippen LogP contribution in [-0.4, -0.2) is 73.4 Å². The average molecular weight is 412 g/mol. The van der Waals surface area contributed by atoms with Gasteiger partial charge >= 0.3 is 0 Å². The highest BCUT2D eigenvalue weighted by Gasteiger charge is 2.16. The lowest BCUT2D eigenvalue weighted by Gasteiger charge is -2.34. The third-order valence-corrected chi connectivity index (χ3v) is 5.67. The quantitative estimate of drug-likeness (QED) is 0.557. The summed E-state index contributed by atoms with van der Waals surface area (Å²) in [4.78, 5) is 5.02. The van der Waals surface area contributed by atoms with Crippen LogP contribution < -0.4 is 10.1 Å². The molecule has 1 saturated heterocycles. The molecule has 0 unspecified atom stereocenters. The zero-order valence-electron chi connectivity index (χ0n) is 18.5. The first kappa shape index (κ1) is 22.8. The van der Waals surface area contributed by atoms with Gasteiger partial charge in [0.1, 0.15) is 18.5 Å². The summed E-state index contributed by atoms with van der Waals surface area (Å²) in [6.07, 6.45) is -0.507. The monoisotopic (exact) mass is 411 g/mol. The third kappa shape index (κ3) is 7.40. The largest absolute Gasteiger partial charge is 0.491 e. The van der Waals surface area contributed by atoms with Gasteiger partial charge in [0.2, 0.25) is 0 Å². The smallest absolute Gasteiger partial charge is 0.122 e. The Bertz CT molecular complexity index is 730. The SMILES string of the molecule is CC(C)c1ccccc1OC[C@H](O)CNCCN1CCN(Cc2ccccc2)CC1. The van der Waals surface area contributed by atoms with E-state index in [0.29, 0.717) is 19.1 Å². The van der Waals surface area contributed by atoms with Gasteiger partial charge in [-0.05, 0) is 23.1 Å². The summed E-state index contributed by atoms with van der Waals surface area (Å²) in [5, 5.41) is 13.6. The number of rotatable bonds is 11. The predicted molar refractivity (Wildman–Crippen MR) is 123 cm³/mol. The molecule has 0 amide bonds. The molecule has 1 aliphatic heterocycles. The molecule has 2 aromatic carbocycles. The molecule has 5 nitrogen and oxygen atoms in total. The Morgan fingerprint density at radius 2 is 1.60 bits per heavy atom. The maximum atomic E-state index is 10.2. The van der Waals surface area contributed by atoms with Crippen LogP contribution in [0.15, 0.2) is 54.6 Å². The van der Waals surface area contributed by atoms with Crippen molar-refractivity contribution in [1.29, 1.82) is 0 Å². The van der Waals surface area contributed by atoms with E-state index in [1.165, 1.54) is 11.1 Å². The summed E-state index contributed by atoms with van der Waals surface area (Å²) in [6, 6.07) is 18.8. The topological polar surface area (TPSA) is 48.0 Å². The molecule has 0 aromatic heterocycles. The van der Waals surface area contributed by atoms with Crippen molar-refractivity contribution in [2.45, 2.75) is 32.4 Å². The summed E-state index contributed by atoms with van der Waals surface area (Å²) in [5.74, 6) is 1.28. The minimum absolute atomic E-state index is 0.314. The molecule has 3 rings (SSSR count). The zero-order valence-corrected chi connectivity index (χ0v) is 18.5. The molecule has 0 radical (unpaired) electrons. The molecule has 1 heterocycles. The summed E-state index contributed by atoms with van der Waals surface area (Å²) < 4.78 is 5.86. The van der Waals surface area contributed by atoms with Crippen LogP contribution in [0.4, 0.5) is 0 Å². The summed E-state index contributed by atoms with van der Waals surface area (Å²) in [6.45, 7) is 12.6. The van der Waals surface area contributed by atoms with Crippen LogP contribution in [0.1, 0.15) is 30.9 Å². The normalized spacial score (nSPS) is 16.7. The standard InChI is InChI=1S/C25H37N3O2/c1-21(2)24-10-6-7-11-25(24)30-20-23(29)18-26-12-13-27-14-16-28(17-15-27)19-22-8-4-3-5-9-22/h3-11,21,23,26,29H,12-20H2,1-2H3/t23-/m1/s1. The molecule has 2 aromatic rings. The fourth-order valence-electron chi connectivity index (χ4n) is 3.85. The van der Waals surface area contributed by atoms with Gasteiger partial charge in [-0.3, -0.25) is 9.80 Å². The first-order valence-corrected chi connectivity index (χ1v) is 11.2. The second-order valence-corrected chi connectivity index (χ2v) is 8.46. The number of ether oxygens (including phenoxy) is 1. The van der Waals surface area contributed by atoms with Gasteiger partial charge < -0.3 is 15.2 Å². The molecule has 164 valence electrons. The molecule has 1 atom stereocenters. The van der Waals surface area contributed by atoms with Crippen molar-refractivity contribution in [2.24, 2.45) is 0 Å². The average Bonchev–Trinajstić information content (AvgIpc) is 2.77. The van der Waals surface area contributed by atoms with Crippen molar-refractivity contribution < 1.29 is 9.84 Å². The van der Waals surface area contributed by atoms with Gasteiger partial charge in [-0.25, -0.2) is 0 Å². The van der Waals surface area contributed by atoms with E-state index in [-0.39, 0.29) is 0 Å². The van der Waals surface area contributed by atoms with E-state index in [1.807, 2.05) is 18.2 Å². The van der Waals surface area contributed by atoms with Gasteiger partial charge in [-0.2, -0.15) is 0 Å². The molecule has 0 spiro atoms. The summed E-state index contributed by atoms with van der Waals surface area (Å²) >= 11 is 0. The second kappa shape index (κ2) is 12.1. The molecule has 1 aliphatic rings. The molecule has 1 fully saturated rings. The summed E-state index contributed by atoms with van der Waals surface area (Å²) in [5.41, 5.74) is 2.57. The Morgan fingerprint density at radius 3 is 2.33 bits per heavy atom. The lowest BCUT2D eigenvalue weighted by atomic mass is 10.0. The van der Waals surface area contributed by atoms with E-state index < -0.39 is 6.10 Å². The molecule has 30 heavy (non-hydrogen) atoms.